The summed E-state index contributed by atoms with van der Waals surface area (Å²) >= 11 is 5.83. The molecule has 0 amide bonds. The fourth-order valence-corrected chi connectivity index (χ4v) is 1.48. The van der Waals surface area contributed by atoms with Gasteiger partial charge in [0.2, 0.25) is 5.78 Å². The first kappa shape index (κ1) is 15.2. The lowest BCUT2D eigenvalue weighted by atomic mass is 10.1. The number of nitrogens with zero attached hydrogens (tertiary/aromatic N) is 1. The number of Topliss-reactive ketones (excluding diaryl/α,β-unsaturated/α-hetero) is 1. The average Bonchev–Trinajstić information content (AvgIpc) is 2.39. The summed E-state index contributed by atoms with van der Waals surface area (Å²) in [6, 6.07) is 3.04. The van der Waals surface area contributed by atoms with Crippen LogP contribution in [0.15, 0.2) is 30.2 Å². The van der Waals surface area contributed by atoms with Crippen LogP contribution in [0.2, 0.25) is 5.15 Å². The summed E-state index contributed by atoms with van der Waals surface area (Å²) in [7, 11) is 0. The predicted octanol–water partition coefficient (Wildman–Crippen LogP) is 2.40. The van der Waals surface area contributed by atoms with E-state index < -0.39 is 11.8 Å². The van der Waals surface area contributed by atoms with Crippen LogP contribution >= 0.6 is 11.6 Å². The Kier molecular flexibility index (Phi) is 6.02. The first-order chi connectivity index (χ1) is 9.11. The molecule has 19 heavy (non-hydrogen) atoms. The summed E-state index contributed by atoms with van der Waals surface area (Å²) in [5.74, 6) is -1.33. The molecule has 0 fully saturated rings. The summed E-state index contributed by atoms with van der Waals surface area (Å²) in [4.78, 5) is 27.7. The summed E-state index contributed by atoms with van der Waals surface area (Å²) < 4.78 is 9.81. The van der Waals surface area contributed by atoms with Crippen molar-refractivity contribution in [3.8, 4) is 0 Å². The van der Waals surface area contributed by atoms with Gasteiger partial charge in [-0.1, -0.05) is 11.6 Å². The van der Waals surface area contributed by atoms with Gasteiger partial charge >= 0.3 is 5.97 Å². The Morgan fingerprint density at radius 3 is 2.68 bits per heavy atom. The molecular weight excluding hydrogens is 270 g/mol. The number of ether oxygens (including phenoxy) is 2. The Bertz CT molecular complexity index is 499. The van der Waals surface area contributed by atoms with Gasteiger partial charge in [0.25, 0.3) is 0 Å². The van der Waals surface area contributed by atoms with Crippen molar-refractivity contribution in [1.29, 1.82) is 0 Å². The van der Waals surface area contributed by atoms with E-state index in [2.05, 4.69) is 4.98 Å². The van der Waals surface area contributed by atoms with Crippen LogP contribution in [0.4, 0.5) is 0 Å². The fraction of sp³-hybridized carbons (Fsp3) is 0.308. The Hall–Kier alpha value is -1.88. The zero-order valence-electron chi connectivity index (χ0n) is 10.7. The molecule has 0 aliphatic heterocycles. The lowest BCUT2D eigenvalue weighted by molar-refractivity contribution is -0.138. The zero-order chi connectivity index (χ0) is 14.3. The Morgan fingerprint density at radius 2 is 2.11 bits per heavy atom. The maximum absolute atomic E-state index is 12.2. The molecule has 0 atom stereocenters. The second kappa shape index (κ2) is 7.53. The number of halogens is 1. The number of hydrogen-bond acceptors (Lipinski definition) is 5. The third kappa shape index (κ3) is 4.06. The summed E-state index contributed by atoms with van der Waals surface area (Å²) in [5.41, 5.74) is -0.0817. The van der Waals surface area contributed by atoms with Crippen molar-refractivity contribution in [3.05, 3.63) is 40.9 Å². The van der Waals surface area contributed by atoms with Crippen molar-refractivity contribution in [3.63, 3.8) is 0 Å². The van der Waals surface area contributed by atoms with Crippen LogP contribution in [0.1, 0.15) is 24.2 Å². The maximum atomic E-state index is 12.2. The predicted molar refractivity (Wildman–Crippen MR) is 69.9 cm³/mol. The summed E-state index contributed by atoms with van der Waals surface area (Å²) in [5, 5.41) is 0.0270. The van der Waals surface area contributed by atoms with Crippen LogP contribution < -0.4 is 0 Å². The average molecular weight is 284 g/mol. The zero-order valence-corrected chi connectivity index (χ0v) is 11.4. The van der Waals surface area contributed by atoms with Crippen molar-refractivity contribution in [2.24, 2.45) is 0 Å². The van der Waals surface area contributed by atoms with Gasteiger partial charge in [-0.3, -0.25) is 4.79 Å². The van der Waals surface area contributed by atoms with Crippen LogP contribution in [0.3, 0.4) is 0 Å². The number of ketones is 1. The van der Waals surface area contributed by atoms with E-state index in [-0.39, 0.29) is 22.9 Å². The highest BCUT2D eigenvalue weighted by Gasteiger charge is 2.24. The minimum absolute atomic E-state index is 0.0270. The lowest BCUT2D eigenvalue weighted by Gasteiger charge is -2.07. The first-order valence-corrected chi connectivity index (χ1v) is 6.13. The highest BCUT2D eigenvalue weighted by atomic mass is 35.5. The SMILES string of the molecule is CCO/C=C(\C(=O)OCC)C(=O)c1cccnc1Cl. The van der Waals surface area contributed by atoms with Gasteiger partial charge in [0.05, 0.1) is 18.8 Å². The Balaban J connectivity index is 3.08. The van der Waals surface area contributed by atoms with E-state index in [1.54, 1.807) is 19.9 Å². The topological polar surface area (TPSA) is 65.5 Å². The molecular formula is C13H14ClNO4. The number of esters is 1. The second-order valence-corrected chi connectivity index (χ2v) is 3.74. The summed E-state index contributed by atoms with van der Waals surface area (Å²) in [6.45, 7) is 3.88. The summed E-state index contributed by atoms with van der Waals surface area (Å²) in [6.07, 6.45) is 2.54. The van der Waals surface area contributed by atoms with Crippen molar-refractivity contribution in [1.82, 2.24) is 4.98 Å². The van der Waals surface area contributed by atoms with Crippen molar-refractivity contribution < 1.29 is 19.1 Å². The van der Waals surface area contributed by atoms with E-state index in [1.807, 2.05) is 0 Å². The van der Waals surface area contributed by atoms with Crippen molar-refractivity contribution in [2.75, 3.05) is 13.2 Å². The molecule has 1 aromatic rings. The fourth-order valence-electron chi connectivity index (χ4n) is 1.27. The largest absolute Gasteiger partial charge is 0.500 e. The Labute approximate surface area is 116 Å². The van der Waals surface area contributed by atoms with Gasteiger partial charge in [-0.05, 0) is 26.0 Å². The van der Waals surface area contributed by atoms with Crippen LogP contribution in [0, 0.1) is 0 Å². The molecule has 0 spiro atoms. The standard InChI is InChI=1S/C13H14ClNO4/c1-3-18-8-10(13(17)19-4-2)11(16)9-6-5-7-15-12(9)14/h5-8H,3-4H2,1-2H3/b10-8-. The van der Waals surface area contributed by atoms with Gasteiger partial charge in [-0.15, -0.1) is 0 Å². The minimum Gasteiger partial charge on any atom is -0.500 e. The van der Waals surface area contributed by atoms with Gasteiger partial charge in [-0.2, -0.15) is 0 Å². The molecule has 0 aliphatic rings. The van der Waals surface area contributed by atoms with E-state index in [1.165, 1.54) is 12.3 Å². The molecule has 0 aliphatic carbocycles. The first-order valence-electron chi connectivity index (χ1n) is 5.75. The van der Waals surface area contributed by atoms with Gasteiger partial charge in [0.1, 0.15) is 17.0 Å². The number of carbonyl (C=O) groups excluding carboxylic acids is 2. The van der Waals surface area contributed by atoms with E-state index in [4.69, 9.17) is 21.1 Å². The smallest absolute Gasteiger partial charge is 0.345 e. The van der Waals surface area contributed by atoms with Gasteiger partial charge in [-0.25, -0.2) is 9.78 Å². The molecule has 0 saturated heterocycles. The monoisotopic (exact) mass is 283 g/mol. The van der Waals surface area contributed by atoms with Crippen molar-refractivity contribution >= 4 is 23.4 Å². The number of rotatable bonds is 6. The van der Waals surface area contributed by atoms with Gasteiger partial charge < -0.3 is 9.47 Å². The molecule has 0 N–H and O–H groups in total. The second-order valence-electron chi connectivity index (χ2n) is 3.38. The van der Waals surface area contributed by atoms with E-state index >= 15 is 0 Å². The highest BCUT2D eigenvalue weighted by molar-refractivity contribution is 6.35. The van der Waals surface area contributed by atoms with Crippen LogP contribution in [0.25, 0.3) is 0 Å². The van der Waals surface area contributed by atoms with E-state index in [9.17, 15) is 9.59 Å². The molecule has 6 heteroatoms. The molecule has 0 unspecified atom stereocenters. The van der Waals surface area contributed by atoms with Crippen LogP contribution in [-0.2, 0) is 14.3 Å². The third-order valence-corrected chi connectivity index (χ3v) is 2.41. The van der Waals surface area contributed by atoms with E-state index in [0.717, 1.165) is 6.26 Å². The molecule has 0 bridgehead atoms. The molecule has 0 saturated carbocycles. The normalized spacial score (nSPS) is 11.0. The highest BCUT2D eigenvalue weighted by Crippen LogP contribution is 2.17. The minimum atomic E-state index is -0.749. The number of hydrogen-bond donors (Lipinski definition) is 0. The van der Waals surface area contributed by atoms with Gasteiger partial charge in [0.15, 0.2) is 0 Å². The molecule has 1 rings (SSSR count). The number of carbonyl (C=O) groups is 2. The van der Waals surface area contributed by atoms with E-state index in [0.29, 0.717) is 6.61 Å². The third-order valence-electron chi connectivity index (χ3n) is 2.11. The Morgan fingerprint density at radius 1 is 1.37 bits per heavy atom. The quantitative estimate of drug-likeness (QED) is 0.153. The molecule has 1 aromatic heterocycles. The molecule has 0 aromatic carbocycles. The van der Waals surface area contributed by atoms with Gasteiger partial charge in [0, 0.05) is 6.20 Å². The van der Waals surface area contributed by atoms with Crippen molar-refractivity contribution in [2.45, 2.75) is 13.8 Å². The molecule has 0 radical (unpaired) electrons. The van der Waals surface area contributed by atoms with Crippen LogP contribution in [-0.4, -0.2) is 30.0 Å². The molecule has 5 nitrogen and oxygen atoms in total. The number of pyridine rings is 1. The van der Waals surface area contributed by atoms with Crippen LogP contribution in [0.5, 0.6) is 0 Å². The molecule has 102 valence electrons. The number of aromatic nitrogens is 1. The maximum Gasteiger partial charge on any atom is 0.345 e. The lowest BCUT2D eigenvalue weighted by Crippen LogP contribution is -2.17. The molecule has 1 heterocycles.